The number of aromatic nitrogens is 1. The van der Waals surface area contributed by atoms with Gasteiger partial charge in [-0.3, -0.25) is 0 Å². The summed E-state index contributed by atoms with van der Waals surface area (Å²) < 4.78 is 16.4. The van der Waals surface area contributed by atoms with Crippen molar-refractivity contribution in [3.63, 3.8) is 0 Å². The van der Waals surface area contributed by atoms with E-state index in [0.717, 1.165) is 11.3 Å². The van der Waals surface area contributed by atoms with Crippen LogP contribution in [0.5, 0.6) is 17.6 Å². The Balaban J connectivity index is 0.000000774. The van der Waals surface area contributed by atoms with E-state index in [0.29, 0.717) is 17.9 Å². The van der Waals surface area contributed by atoms with Gasteiger partial charge in [-0.1, -0.05) is 26.0 Å². The van der Waals surface area contributed by atoms with Crippen molar-refractivity contribution in [1.29, 1.82) is 0 Å². The zero-order valence-corrected chi connectivity index (χ0v) is 12.5. The van der Waals surface area contributed by atoms with Gasteiger partial charge >= 0.3 is 6.08 Å². The Labute approximate surface area is 124 Å². The van der Waals surface area contributed by atoms with E-state index in [-0.39, 0.29) is 6.08 Å². The SMILES string of the molecule is CC.CCOc1ccc(Oc2nc3ccccc3o2)cc1. The molecule has 0 amide bonds. The van der Waals surface area contributed by atoms with Crippen LogP contribution < -0.4 is 9.47 Å². The molecule has 0 fully saturated rings. The number of rotatable bonds is 4. The summed E-state index contributed by atoms with van der Waals surface area (Å²) in [6.45, 7) is 6.59. The third-order valence-electron chi connectivity index (χ3n) is 2.61. The summed E-state index contributed by atoms with van der Waals surface area (Å²) in [6, 6.07) is 14.9. The molecule has 1 heterocycles. The molecule has 0 N–H and O–H groups in total. The van der Waals surface area contributed by atoms with Gasteiger partial charge < -0.3 is 13.9 Å². The standard InChI is InChI=1S/C15H13NO3.C2H6/c1-2-17-11-7-9-12(10-8-11)18-15-16-13-5-3-4-6-14(13)19-15;1-2/h3-10H,2H2,1H3;1-2H3. The largest absolute Gasteiger partial charge is 0.494 e. The average molecular weight is 285 g/mol. The Kier molecular flexibility index (Phi) is 5.21. The fourth-order valence-electron chi connectivity index (χ4n) is 1.77. The summed E-state index contributed by atoms with van der Waals surface area (Å²) in [5.41, 5.74) is 1.49. The van der Waals surface area contributed by atoms with Crippen LogP contribution in [0, 0.1) is 0 Å². The van der Waals surface area contributed by atoms with Gasteiger partial charge in [0.2, 0.25) is 0 Å². The molecule has 4 heteroatoms. The number of hydrogen-bond acceptors (Lipinski definition) is 4. The van der Waals surface area contributed by atoms with Gasteiger partial charge in [-0.15, -0.1) is 0 Å². The number of para-hydroxylation sites is 2. The van der Waals surface area contributed by atoms with Gasteiger partial charge in [0, 0.05) is 0 Å². The Morgan fingerprint density at radius 2 is 1.62 bits per heavy atom. The number of fused-ring (bicyclic) bond motifs is 1. The lowest BCUT2D eigenvalue weighted by Crippen LogP contribution is -1.91. The van der Waals surface area contributed by atoms with E-state index in [9.17, 15) is 0 Å². The van der Waals surface area contributed by atoms with Crippen molar-refractivity contribution in [2.75, 3.05) is 6.61 Å². The van der Waals surface area contributed by atoms with E-state index >= 15 is 0 Å². The topological polar surface area (TPSA) is 44.5 Å². The lowest BCUT2D eigenvalue weighted by Gasteiger charge is -2.04. The maximum Gasteiger partial charge on any atom is 0.400 e. The van der Waals surface area contributed by atoms with Gasteiger partial charge in [0.1, 0.15) is 17.0 Å². The van der Waals surface area contributed by atoms with Crippen LogP contribution in [0.3, 0.4) is 0 Å². The van der Waals surface area contributed by atoms with Crippen LogP contribution in [0.2, 0.25) is 0 Å². The van der Waals surface area contributed by atoms with E-state index in [1.807, 2.05) is 69.3 Å². The predicted octanol–water partition coefficient (Wildman–Crippen LogP) is 5.05. The highest BCUT2D eigenvalue weighted by Gasteiger charge is 2.07. The number of oxazole rings is 1. The molecule has 110 valence electrons. The van der Waals surface area contributed by atoms with Crippen LogP contribution in [0.1, 0.15) is 20.8 Å². The molecular weight excluding hydrogens is 266 g/mol. The van der Waals surface area contributed by atoms with Crippen LogP contribution in [0.4, 0.5) is 0 Å². The Morgan fingerprint density at radius 1 is 0.952 bits per heavy atom. The first-order valence-electron chi connectivity index (χ1n) is 7.11. The van der Waals surface area contributed by atoms with E-state index in [2.05, 4.69) is 4.98 Å². The molecule has 1 aromatic heterocycles. The highest BCUT2D eigenvalue weighted by Crippen LogP contribution is 2.26. The third-order valence-corrected chi connectivity index (χ3v) is 2.61. The zero-order valence-electron chi connectivity index (χ0n) is 12.5. The van der Waals surface area contributed by atoms with E-state index < -0.39 is 0 Å². The van der Waals surface area contributed by atoms with Crippen molar-refractivity contribution in [3.05, 3.63) is 48.5 Å². The molecule has 0 spiro atoms. The molecule has 0 aliphatic heterocycles. The lowest BCUT2D eigenvalue weighted by molar-refractivity contribution is 0.333. The minimum atomic E-state index is 0.241. The summed E-state index contributed by atoms with van der Waals surface area (Å²) in [5, 5.41) is 0. The molecule has 2 aromatic carbocycles. The van der Waals surface area contributed by atoms with Crippen LogP contribution in [-0.4, -0.2) is 11.6 Å². The molecule has 0 aliphatic rings. The molecule has 4 nitrogen and oxygen atoms in total. The average Bonchev–Trinajstić information content (AvgIpc) is 2.94. The van der Waals surface area contributed by atoms with Gasteiger partial charge in [0.15, 0.2) is 5.58 Å². The third kappa shape index (κ3) is 3.75. The molecule has 3 rings (SSSR count). The monoisotopic (exact) mass is 285 g/mol. The number of nitrogens with zero attached hydrogens (tertiary/aromatic N) is 1. The normalized spacial score (nSPS) is 9.86. The summed E-state index contributed by atoms with van der Waals surface area (Å²) in [4.78, 5) is 4.25. The Hall–Kier alpha value is -2.49. The number of benzene rings is 2. The molecule has 0 unspecified atom stereocenters. The van der Waals surface area contributed by atoms with Crippen LogP contribution in [0.15, 0.2) is 52.9 Å². The van der Waals surface area contributed by atoms with Gasteiger partial charge in [0.25, 0.3) is 0 Å². The number of hydrogen-bond donors (Lipinski definition) is 0. The molecular formula is C17H19NO3. The second kappa shape index (κ2) is 7.33. The second-order valence-electron chi connectivity index (χ2n) is 3.95. The molecule has 0 saturated carbocycles. The summed E-state index contributed by atoms with van der Waals surface area (Å²) in [5.74, 6) is 1.47. The van der Waals surface area contributed by atoms with Crippen molar-refractivity contribution < 1.29 is 13.9 Å². The van der Waals surface area contributed by atoms with Crippen molar-refractivity contribution in [3.8, 4) is 17.6 Å². The minimum Gasteiger partial charge on any atom is -0.494 e. The molecule has 0 bridgehead atoms. The zero-order chi connectivity index (χ0) is 15.1. The van der Waals surface area contributed by atoms with Gasteiger partial charge in [-0.25, -0.2) is 0 Å². The minimum absolute atomic E-state index is 0.241. The highest BCUT2D eigenvalue weighted by atomic mass is 16.6. The van der Waals surface area contributed by atoms with Crippen molar-refractivity contribution in [1.82, 2.24) is 4.98 Å². The summed E-state index contributed by atoms with van der Waals surface area (Å²) >= 11 is 0. The first-order chi connectivity index (χ1) is 10.3. The summed E-state index contributed by atoms with van der Waals surface area (Å²) in [7, 11) is 0. The van der Waals surface area contributed by atoms with Crippen molar-refractivity contribution >= 4 is 11.1 Å². The van der Waals surface area contributed by atoms with Crippen LogP contribution in [-0.2, 0) is 0 Å². The Bertz CT molecular complexity index is 641. The molecule has 0 radical (unpaired) electrons. The molecule has 21 heavy (non-hydrogen) atoms. The molecule has 0 aliphatic carbocycles. The van der Waals surface area contributed by atoms with E-state index in [1.165, 1.54) is 0 Å². The first kappa shape index (κ1) is 14.9. The maximum atomic E-state index is 5.56. The fourth-order valence-corrected chi connectivity index (χ4v) is 1.77. The fraction of sp³-hybridized carbons (Fsp3) is 0.235. The van der Waals surface area contributed by atoms with E-state index in [1.54, 1.807) is 0 Å². The lowest BCUT2D eigenvalue weighted by atomic mass is 10.3. The maximum absolute atomic E-state index is 5.56. The first-order valence-corrected chi connectivity index (χ1v) is 7.11. The van der Waals surface area contributed by atoms with Crippen LogP contribution >= 0.6 is 0 Å². The quantitative estimate of drug-likeness (QED) is 0.673. The molecule has 3 aromatic rings. The predicted molar refractivity (Wildman–Crippen MR) is 83.0 cm³/mol. The number of ether oxygens (including phenoxy) is 2. The smallest absolute Gasteiger partial charge is 0.400 e. The van der Waals surface area contributed by atoms with Gasteiger partial charge in [-0.05, 0) is 43.3 Å². The molecule has 0 saturated heterocycles. The van der Waals surface area contributed by atoms with Crippen molar-refractivity contribution in [2.24, 2.45) is 0 Å². The van der Waals surface area contributed by atoms with E-state index in [4.69, 9.17) is 13.9 Å². The summed E-state index contributed by atoms with van der Waals surface area (Å²) in [6.07, 6.45) is 0.241. The molecule has 0 atom stereocenters. The second-order valence-corrected chi connectivity index (χ2v) is 3.95. The van der Waals surface area contributed by atoms with Crippen molar-refractivity contribution in [2.45, 2.75) is 20.8 Å². The highest BCUT2D eigenvalue weighted by molar-refractivity contribution is 5.72. The van der Waals surface area contributed by atoms with Gasteiger partial charge in [0.05, 0.1) is 6.61 Å². The Morgan fingerprint density at radius 3 is 2.29 bits per heavy atom. The van der Waals surface area contributed by atoms with Gasteiger partial charge in [-0.2, -0.15) is 4.98 Å². The van der Waals surface area contributed by atoms with Crippen LogP contribution in [0.25, 0.3) is 11.1 Å².